The largest absolute Gasteiger partial charge is 0.414 e. The molecule has 24 heavy (non-hydrogen) atoms. The zero-order valence-corrected chi connectivity index (χ0v) is 14.9. The van der Waals surface area contributed by atoms with E-state index in [0.717, 1.165) is 6.42 Å². The number of amides is 1. The average Bonchev–Trinajstić information content (AvgIpc) is 2.60. The molecule has 0 bridgehead atoms. The molecular weight excluding hydrogens is 326 g/mol. The van der Waals surface area contributed by atoms with Gasteiger partial charge < -0.3 is 14.7 Å². The van der Waals surface area contributed by atoms with E-state index in [9.17, 15) is 4.79 Å². The Hall–Kier alpha value is -1.52. The summed E-state index contributed by atoms with van der Waals surface area (Å²) < 4.78 is 5.33. The van der Waals surface area contributed by atoms with E-state index in [0.29, 0.717) is 29.2 Å². The Kier molecular flexibility index (Phi) is 7.60. The van der Waals surface area contributed by atoms with Gasteiger partial charge in [-0.1, -0.05) is 23.8 Å². The van der Waals surface area contributed by atoms with Gasteiger partial charge >= 0.3 is 6.09 Å². The Balaban J connectivity index is 1.69. The molecule has 0 heterocycles. The van der Waals surface area contributed by atoms with Crippen LogP contribution in [0.5, 0.6) is 5.75 Å². The number of carbonyl (C=O) groups excluding carboxylic acids is 1. The van der Waals surface area contributed by atoms with Crippen molar-refractivity contribution < 1.29 is 14.6 Å². The molecule has 1 aliphatic carbocycles. The molecule has 1 fully saturated rings. The van der Waals surface area contributed by atoms with Crippen molar-refractivity contribution in [2.45, 2.75) is 32.1 Å². The summed E-state index contributed by atoms with van der Waals surface area (Å²) in [6.45, 7) is 0.828. The normalized spacial score (nSPS) is 21.0. The fourth-order valence-corrected chi connectivity index (χ4v) is 3.20. The van der Waals surface area contributed by atoms with Gasteiger partial charge in [0.25, 0.3) is 0 Å². The summed E-state index contributed by atoms with van der Waals surface area (Å²) >= 11 is 5.82. The lowest BCUT2D eigenvalue weighted by Crippen LogP contribution is -2.32. The molecule has 1 aromatic rings. The van der Waals surface area contributed by atoms with Crippen LogP contribution < -0.4 is 4.74 Å². The summed E-state index contributed by atoms with van der Waals surface area (Å²) in [7, 11) is 1.77. The van der Waals surface area contributed by atoms with Crippen molar-refractivity contribution in [3.8, 4) is 5.75 Å². The standard InChI is InChI=1S/C19H26ClNO3/c1-21(19(23)24-18-10-8-17(20)9-11-18)13-12-16-6-4-15(5-7-16)3-2-14-22/h2-3,8-11,15-16,22H,4-7,12-14H2,1H3/t15-,16-. The number of aliphatic hydroxyl groups excluding tert-OH is 1. The highest BCUT2D eigenvalue weighted by Gasteiger charge is 2.21. The van der Waals surface area contributed by atoms with Crippen molar-refractivity contribution in [3.05, 3.63) is 41.4 Å². The predicted molar refractivity (Wildman–Crippen MR) is 96.4 cm³/mol. The van der Waals surface area contributed by atoms with Gasteiger partial charge in [0, 0.05) is 18.6 Å². The molecule has 2 rings (SSSR count). The third kappa shape index (κ3) is 6.17. The molecule has 0 aliphatic heterocycles. The maximum absolute atomic E-state index is 12.1. The number of allylic oxidation sites excluding steroid dienone is 1. The third-order valence-corrected chi connectivity index (χ3v) is 4.86. The zero-order chi connectivity index (χ0) is 17.4. The number of ether oxygens (including phenoxy) is 1. The van der Waals surface area contributed by atoms with Crippen molar-refractivity contribution in [1.29, 1.82) is 0 Å². The molecule has 1 aromatic carbocycles. The minimum absolute atomic E-state index is 0.125. The first-order valence-corrected chi connectivity index (χ1v) is 8.92. The molecule has 0 atom stereocenters. The van der Waals surface area contributed by atoms with Crippen molar-refractivity contribution in [2.75, 3.05) is 20.2 Å². The maximum Gasteiger partial charge on any atom is 0.414 e. The number of hydrogen-bond acceptors (Lipinski definition) is 3. The van der Waals surface area contributed by atoms with Crippen LogP contribution in [-0.4, -0.2) is 36.3 Å². The summed E-state index contributed by atoms with van der Waals surface area (Å²) in [5.41, 5.74) is 0. The van der Waals surface area contributed by atoms with Gasteiger partial charge in [0.15, 0.2) is 0 Å². The lowest BCUT2D eigenvalue weighted by Gasteiger charge is -2.28. The molecule has 1 saturated carbocycles. The minimum Gasteiger partial charge on any atom is -0.410 e. The van der Waals surface area contributed by atoms with Crippen LogP contribution in [0.4, 0.5) is 4.79 Å². The van der Waals surface area contributed by atoms with Gasteiger partial charge in [0.05, 0.1) is 6.61 Å². The smallest absolute Gasteiger partial charge is 0.410 e. The second-order valence-electron chi connectivity index (χ2n) is 6.42. The Labute approximate surface area is 149 Å². The molecule has 5 heteroatoms. The Morgan fingerprint density at radius 2 is 1.96 bits per heavy atom. The van der Waals surface area contributed by atoms with E-state index in [-0.39, 0.29) is 12.7 Å². The summed E-state index contributed by atoms with van der Waals surface area (Å²) in [6, 6.07) is 6.78. The second-order valence-corrected chi connectivity index (χ2v) is 6.86. The van der Waals surface area contributed by atoms with Crippen LogP contribution in [0, 0.1) is 11.8 Å². The number of nitrogens with zero attached hydrogens (tertiary/aromatic N) is 1. The molecule has 1 aliphatic rings. The number of hydrogen-bond donors (Lipinski definition) is 1. The van der Waals surface area contributed by atoms with Gasteiger partial charge in [0.1, 0.15) is 5.75 Å². The molecular formula is C19H26ClNO3. The van der Waals surface area contributed by atoms with Crippen LogP contribution in [0.3, 0.4) is 0 Å². The van der Waals surface area contributed by atoms with E-state index in [2.05, 4.69) is 6.08 Å². The maximum atomic E-state index is 12.1. The Bertz CT molecular complexity index is 536. The van der Waals surface area contributed by atoms with E-state index >= 15 is 0 Å². The van der Waals surface area contributed by atoms with Crippen LogP contribution >= 0.6 is 11.6 Å². The average molecular weight is 352 g/mol. The van der Waals surface area contributed by atoms with Gasteiger partial charge in [0.2, 0.25) is 0 Å². The summed E-state index contributed by atoms with van der Waals surface area (Å²) in [5.74, 6) is 1.77. The SMILES string of the molecule is CN(CC[C@H]1CC[C@H](C=CCO)CC1)C(=O)Oc1ccc(Cl)cc1. The quantitative estimate of drug-likeness (QED) is 0.767. The van der Waals surface area contributed by atoms with E-state index in [4.69, 9.17) is 21.4 Å². The molecule has 1 amide bonds. The monoisotopic (exact) mass is 351 g/mol. The zero-order valence-electron chi connectivity index (χ0n) is 14.2. The van der Waals surface area contributed by atoms with Crippen LogP contribution in [0.25, 0.3) is 0 Å². The molecule has 0 saturated heterocycles. The molecule has 0 aromatic heterocycles. The van der Waals surface area contributed by atoms with E-state index in [1.807, 2.05) is 6.08 Å². The summed E-state index contributed by atoms with van der Waals surface area (Å²) in [5, 5.41) is 9.44. The first-order chi connectivity index (χ1) is 11.6. The number of benzene rings is 1. The second kappa shape index (κ2) is 9.70. The van der Waals surface area contributed by atoms with Crippen molar-refractivity contribution >= 4 is 17.7 Å². The fraction of sp³-hybridized carbons (Fsp3) is 0.526. The first-order valence-electron chi connectivity index (χ1n) is 8.54. The molecule has 0 radical (unpaired) electrons. The van der Waals surface area contributed by atoms with Gasteiger partial charge in [-0.3, -0.25) is 0 Å². The van der Waals surface area contributed by atoms with Gasteiger partial charge in [-0.2, -0.15) is 0 Å². The van der Waals surface area contributed by atoms with Crippen molar-refractivity contribution in [3.63, 3.8) is 0 Å². The minimum atomic E-state index is -0.336. The molecule has 132 valence electrons. The fourth-order valence-electron chi connectivity index (χ4n) is 3.07. The van der Waals surface area contributed by atoms with Crippen molar-refractivity contribution in [1.82, 2.24) is 4.90 Å². The lowest BCUT2D eigenvalue weighted by atomic mass is 9.80. The molecule has 1 N–H and O–H groups in total. The lowest BCUT2D eigenvalue weighted by molar-refractivity contribution is 0.157. The Morgan fingerprint density at radius 3 is 2.58 bits per heavy atom. The number of carbonyl (C=O) groups is 1. The van der Waals surface area contributed by atoms with E-state index < -0.39 is 0 Å². The topological polar surface area (TPSA) is 49.8 Å². The van der Waals surface area contributed by atoms with Crippen LogP contribution in [0.2, 0.25) is 5.02 Å². The summed E-state index contributed by atoms with van der Waals surface area (Å²) in [6.07, 6.45) is 9.33. The molecule has 4 nitrogen and oxygen atoms in total. The van der Waals surface area contributed by atoms with Gasteiger partial charge in [-0.25, -0.2) is 4.79 Å². The van der Waals surface area contributed by atoms with Gasteiger partial charge in [-0.05, 0) is 68.2 Å². The predicted octanol–water partition coefficient (Wildman–Crippen LogP) is 4.52. The third-order valence-electron chi connectivity index (χ3n) is 4.61. The highest BCUT2D eigenvalue weighted by atomic mass is 35.5. The number of aliphatic hydroxyl groups is 1. The summed E-state index contributed by atoms with van der Waals surface area (Å²) in [4.78, 5) is 13.7. The number of rotatable bonds is 6. The number of halogens is 1. The van der Waals surface area contributed by atoms with Crippen LogP contribution in [0.15, 0.2) is 36.4 Å². The van der Waals surface area contributed by atoms with E-state index in [1.165, 1.54) is 25.7 Å². The van der Waals surface area contributed by atoms with Crippen LogP contribution in [0.1, 0.15) is 32.1 Å². The van der Waals surface area contributed by atoms with E-state index in [1.54, 1.807) is 36.2 Å². The highest BCUT2D eigenvalue weighted by Crippen LogP contribution is 2.31. The molecule has 0 unspecified atom stereocenters. The Morgan fingerprint density at radius 1 is 1.29 bits per heavy atom. The van der Waals surface area contributed by atoms with Gasteiger partial charge in [-0.15, -0.1) is 0 Å². The van der Waals surface area contributed by atoms with Crippen molar-refractivity contribution in [2.24, 2.45) is 11.8 Å². The van der Waals surface area contributed by atoms with Crippen LogP contribution in [-0.2, 0) is 0 Å². The highest BCUT2D eigenvalue weighted by molar-refractivity contribution is 6.30. The molecule has 0 spiro atoms. The first kappa shape index (κ1) is 18.8.